The third-order valence-electron chi connectivity index (χ3n) is 1.41. The van der Waals surface area contributed by atoms with Crippen LogP contribution in [0.4, 0.5) is 8.78 Å². The van der Waals surface area contributed by atoms with E-state index in [4.69, 9.17) is 0 Å². The van der Waals surface area contributed by atoms with Crippen LogP contribution in [-0.2, 0) is 7.05 Å². The molecule has 0 aliphatic carbocycles. The van der Waals surface area contributed by atoms with Crippen LogP contribution in [0.1, 0.15) is 17.7 Å². The Kier molecular flexibility index (Phi) is 1.70. The molecule has 55 valence electrons. The molecular weight excluding hydrogens is 138 g/mol. The first-order valence-electron chi connectivity index (χ1n) is 2.82. The van der Waals surface area contributed by atoms with Gasteiger partial charge in [-0.3, -0.25) is 4.68 Å². The normalized spacial score (nSPS) is 10.9. The van der Waals surface area contributed by atoms with E-state index in [0.29, 0.717) is 5.69 Å². The SMILES string of the molecule is Cc1c(C(F)F)[c]nn1C. The first-order valence-corrected chi connectivity index (χ1v) is 2.82. The summed E-state index contributed by atoms with van der Waals surface area (Å²) in [6, 6.07) is 0. The second-order valence-corrected chi connectivity index (χ2v) is 2.04. The third-order valence-corrected chi connectivity index (χ3v) is 1.41. The van der Waals surface area contributed by atoms with Crippen molar-refractivity contribution in [1.29, 1.82) is 0 Å². The summed E-state index contributed by atoms with van der Waals surface area (Å²) in [5.74, 6) is 0. The second-order valence-electron chi connectivity index (χ2n) is 2.04. The van der Waals surface area contributed by atoms with Crippen LogP contribution < -0.4 is 0 Å². The van der Waals surface area contributed by atoms with Crippen molar-refractivity contribution in [1.82, 2.24) is 9.78 Å². The molecule has 0 atom stereocenters. The van der Waals surface area contributed by atoms with E-state index in [2.05, 4.69) is 11.3 Å². The van der Waals surface area contributed by atoms with E-state index >= 15 is 0 Å². The van der Waals surface area contributed by atoms with Crippen molar-refractivity contribution in [2.75, 3.05) is 0 Å². The Morgan fingerprint density at radius 1 is 1.60 bits per heavy atom. The molecule has 0 fully saturated rings. The lowest BCUT2D eigenvalue weighted by Gasteiger charge is -1.96. The van der Waals surface area contributed by atoms with Crippen LogP contribution in [0, 0.1) is 13.1 Å². The quantitative estimate of drug-likeness (QED) is 0.585. The first kappa shape index (κ1) is 7.18. The van der Waals surface area contributed by atoms with Crippen LogP contribution in [0.5, 0.6) is 0 Å². The van der Waals surface area contributed by atoms with Gasteiger partial charge in [-0.25, -0.2) is 8.78 Å². The van der Waals surface area contributed by atoms with E-state index in [1.165, 1.54) is 4.68 Å². The number of halogens is 2. The summed E-state index contributed by atoms with van der Waals surface area (Å²) < 4.78 is 25.3. The van der Waals surface area contributed by atoms with E-state index < -0.39 is 6.43 Å². The summed E-state index contributed by atoms with van der Waals surface area (Å²) in [5.41, 5.74) is 0.359. The molecule has 1 aromatic heterocycles. The maximum Gasteiger partial charge on any atom is 0.267 e. The minimum absolute atomic E-state index is 0.109. The number of hydrogen-bond donors (Lipinski definition) is 0. The van der Waals surface area contributed by atoms with Crippen molar-refractivity contribution >= 4 is 0 Å². The Bertz CT molecular complexity index is 230. The summed E-state index contributed by atoms with van der Waals surface area (Å²) in [5, 5.41) is 3.55. The molecule has 1 radical (unpaired) electrons. The predicted octanol–water partition coefficient (Wildman–Crippen LogP) is 1.47. The summed E-state index contributed by atoms with van der Waals surface area (Å²) in [4.78, 5) is 0. The van der Waals surface area contributed by atoms with Gasteiger partial charge in [0.05, 0.1) is 5.56 Å². The molecule has 1 rings (SSSR count). The van der Waals surface area contributed by atoms with Crippen molar-refractivity contribution in [3.8, 4) is 0 Å². The van der Waals surface area contributed by atoms with Gasteiger partial charge in [0.2, 0.25) is 0 Å². The number of hydrogen-bond acceptors (Lipinski definition) is 1. The van der Waals surface area contributed by atoms with Crippen molar-refractivity contribution in [3.63, 3.8) is 0 Å². The highest BCUT2D eigenvalue weighted by molar-refractivity contribution is 5.15. The average Bonchev–Trinajstić information content (AvgIpc) is 2.14. The van der Waals surface area contributed by atoms with Crippen LogP contribution in [0.25, 0.3) is 0 Å². The Hall–Kier alpha value is -0.930. The Morgan fingerprint density at radius 3 is 2.40 bits per heavy atom. The monoisotopic (exact) mass is 145 g/mol. The Labute approximate surface area is 57.5 Å². The van der Waals surface area contributed by atoms with Crippen LogP contribution in [0.2, 0.25) is 0 Å². The lowest BCUT2D eigenvalue weighted by molar-refractivity contribution is 0.150. The van der Waals surface area contributed by atoms with Crippen molar-refractivity contribution < 1.29 is 8.78 Å². The minimum atomic E-state index is -2.46. The molecule has 4 heteroatoms. The minimum Gasteiger partial charge on any atom is -0.272 e. The van der Waals surface area contributed by atoms with Crippen LogP contribution in [0.3, 0.4) is 0 Å². The Balaban J connectivity index is 3.05. The average molecular weight is 145 g/mol. The molecule has 0 spiro atoms. The van der Waals surface area contributed by atoms with Crippen LogP contribution in [-0.4, -0.2) is 9.78 Å². The fourth-order valence-electron chi connectivity index (χ4n) is 0.666. The molecule has 0 saturated carbocycles. The van der Waals surface area contributed by atoms with Gasteiger partial charge in [0.15, 0.2) is 0 Å². The number of rotatable bonds is 1. The molecule has 0 amide bonds. The highest BCUT2D eigenvalue weighted by Crippen LogP contribution is 2.20. The van der Waals surface area contributed by atoms with E-state index in [-0.39, 0.29) is 5.56 Å². The highest BCUT2D eigenvalue weighted by atomic mass is 19.3. The Morgan fingerprint density at radius 2 is 2.20 bits per heavy atom. The molecule has 0 bridgehead atoms. The molecule has 0 aliphatic rings. The van der Waals surface area contributed by atoms with Gasteiger partial charge in [0, 0.05) is 12.7 Å². The van der Waals surface area contributed by atoms with Gasteiger partial charge in [-0.15, -0.1) is 0 Å². The van der Waals surface area contributed by atoms with Gasteiger partial charge in [0.25, 0.3) is 6.43 Å². The van der Waals surface area contributed by atoms with E-state index in [0.717, 1.165) is 0 Å². The number of aryl methyl sites for hydroxylation is 1. The number of nitrogens with zero attached hydrogens (tertiary/aromatic N) is 2. The third kappa shape index (κ3) is 1.01. The highest BCUT2D eigenvalue weighted by Gasteiger charge is 2.13. The topological polar surface area (TPSA) is 17.8 Å². The van der Waals surface area contributed by atoms with Gasteiger partial charge in [-0.05, 0) is 6.92 Å². The van der Waals surface area contributed by atoms with Gasteiger partial charge in [-0.2, -0.15) is 5.10 Å². The van der Waals surface area contributed by atoms with E-state index in [9.17, 15) is 8.78 Å². The van der Waals surface area contributed by atoms with Gasteiger partial charge < -0.3 is 0 Å². The zero-order valence-corrected chi connectivity index (χ0v) is 5.73. The maximum atomic E-state index is 12.0. The molecule has 0 unspecified atom stereocenters. The van der Waals surface area contributed by atoms with Crippen molar-refractivity contribution in [3.05, 3.63) is 17.5 Å². The zero-order chi connectivity index (χ0) is 7.72. The standard InChI is InChI=1S/C6H7F2N2/c1-4-5(6(7)8)3-9-10(4)2/h6H,1-2H3. The molecule has 0 N–H and O–H groups in total. The smallest absolute Gasteiger partial charge is 0.267 e. The van der Waals surface area contributed by atoms with Gasteiger partial charge in [0.1, 0.15) is 6.20 Å². The zero-order valence-electron chi connectivity index (χ0n) is 5.73. The van der Waals surface area contributed by atoms with Crippen molar-refractivity contribution in [2.24, 2.45) is 7.05 Å². The molecule has 10 heavy (non-hydrogen) atoms. The first-order chi connectivity index (χ1) is 4.63. The summed E-state index contributed by atoms with van der Waals surface area (Å²) in [7, 11) is 1.61. The summed E-state index contributed by atoms with van der Waals surface area (Å²) >= 11 is 0. The van der Waals surface area contributed by atoms with Crippen LogP contribution in [0.15, 0.2) is 0 Å². The summed E-state index contributed by atoms with van der Waals surface area (Å²) in [6.45, 7) is 1.59. The number of aromatic nitrogens is 2. The van der Waals surface area contributed by atoms with Crippen molar-refractivity contribution in [2.45, 2.75) is 13.3 Å². The fourth-order valence-corrected chi connectivity index (χ4v) is 0.666. The summed E-state index contributed by atoms with van der Waals surface area (Å²) in [6.07, 6.45) is -0.228. The van der Waals surface area contributed by atoms with E-state index in [1.807, 2.05) is 0 Å². The molecule has 2 nitrogen and oxygen atoms in total. The number of alkyl halides is 2. The lowest BCUT2D eigenvalue weighted by Crippen LogP contribution is -1.94. The van der Waals surface area contributed by atoms with Crippen LogP contribution >= 0.6 is 0 Å². The lowest BCUT2D eigenvalue weighted by atomic mass is 10.3. The van der Waals surface area contributed by atoms with Gasteiger partial charge in [-0.1, -0.05) is 0 Å². The maximum absolute atomic E-state index is 12.0. The fraction of sp³-hybridized carbons (Fsp3) is 0.500. The second kappa shape index (κ2) is 2.36. The largest absolute Gasteiger partial charge is 0.272 e. The van der Waals surface area contributed by atoms with E-state index in [1.54, 1.807) is 14.0 Å². The predicted molar refractivity (Wildman–Crippen MR) is 31.7 cm³/mol. The molecule has 1 heterocycles. The molecule has 0 aromatic carbocycles. The molecule has 1 aromatic rings. The molecular formula is C6H7F2N2. The van der Waals surface area contributed by atoms with Gasteiger partial charge >= 0.3 is 0 Å². The molecule has 0 saturated heterocycles. The molecule has 0 aliphatic heterocycles.